The molecular formula is C22H20FN3O3. The Morgan fingerprint density at radius 1 is 1.00 bits per heavy atom. The number of nitrogens with one attached hydrogen (secondary N) is 2. The molecule has 29 heavy (non-hydrogen) atoms. The van der Waals surface area contributed by atoms with Crippen molar-refractivity contribution in [2.75, 3.05) is 11.9 Å². The smallest absolute Gasteiger partial charge is 0.274 e. The van der Waals surface area contributed by atoms with E-state index in [1.54, 1.807) is 36.4 Å². The van der Waals surface area contributed by atoms with Gasteiger partial charge in [-0.15, -0.1) is 0 Å². The number of pyridine rings is 1. The van der Waals surface area contributed by atoms with Gasteiger partial charge in [-0.05, 0) is 61.0 Å². The number of halogens is 1. The van der Waals surface area contributed by atoms with Crippen LogP contribution in [0.1, 0.15) is 33.3 Å². The second kappa shape index (κ2) is 9.45. The first kappa shape index (κ1) is 20.0. The van der Waals surface area contributed by atoms with Crippen LogP contribution in [0.25, 0.3) is 0 Å². The zero-order valence-electron chi connectivity index (χ0n) is 15.8. The zero-order chi connectivity index (χ0) is 20.6. The maximum atomic E-state index is 12.9. The SMILES string of the molecule is CCOc1ccc(NC(=O)c2cc(C(=O)NCc3ccc(F)cc3)ccn2)cc1. The van der Waals surface area contributed by atoms with Crippen LogP contribution in [0.15, 0.2) is 66.9 Å². The summed E-state index contributed by atoms with van der Waals surface area (Å²) in [5, 5.41) is 5.47. The zero-order valence-corrected chi connectivity index (χ0v) is 15.8. The number of carbonyl (C=O) groups is 2. The molecule has 0 aliphatic carbocycles. The van der Waals surface area contributed by atoms with E-state index in [1.165, 1.54) is 30.5 Å². The predicted octanol–water partition coefficient (Wildman–Crippen LogP) is 3.80. The van der Waals surface area contributed by atoms with Crippen LogP contribution >= 0.6 is 0 Å². The molecule has 7 heteroatoms. The van der Waals surface area contributed by atoms with Gasteiger partial charge in [0.2, 0.25) is 0 Å². The summed E-state index contributed by atoms with van der Waals surface area (Å²) in [4.78, 5) is 28.8. The Labute approximate surface area is 167 Å². The summed E-state index contributed by atoms with van der Waals surface area (Å²) >= 11 is 0. The fourth-order valence-corrected chi connectivity index (χ4v) is 2.58. The molecule has 0 saturated carbocycles. The van der Waals surface area contributed by atoms with Crippen molar-refractivity contribution in [3.8, 4) is 5.75 Å². The van der Waals surface area contributed by atoms with E-state index in [2.05, 4.69) is 15.6 Å². The third-order valence-corrected chi connectivity index (χ3v) is 4.04. The van der Waals surface area contributed by atoms with E-state index in [0.717, 1.165) is 5.56 Å². The average molecular weight is 393 g/mol. The maximum absolute atomic E-state index is 12.9. The summed E-state index contributed by atoms with van der Waals surface area (Å²) in [6.45, 7) is 2.70. The van der Waals surface area contributed by atoms with Crippen LogP contribution in [0.2, 0.25) is 0 Å². The number of benzene rings is 2. The minimum atomic E-state index is -0.428. The van der Waals surface area contributed by atoms with E-state index in [4.69, 9.17) is 4.74 Å². The molecular weight excluding hydrogens is 373 g/mol. The molecule has 2 amide bonds. The van der Waals surface area contributed by atoms with Crippen LogP contribution in [0.4, 0.5) is 10.1 Å². The van der Waals surface area contributed by atoms with E-state index in [1.807, 2.05) is 6.92 Å². The Morgan fingerprint density at radius 2 is 1.72 bits per heavy atom. The molecule has 0 saturated heterocycles. The fraction of sp³-hybridized carbons (Fsp3) is 0.136. The average Bonchev–Trinajstić information content (AvgIpc) is 2.75. The Balaban J connectivity index is 1.62. The highest BCUT2D eigenvalue weighted by atomic mass is 19.1. The minimum Gasteiger partial charge on any atom is -0.494 e. The molecule has 0 aliphatic heterocycles. The molecule has 148 valence electrons. The number of anilines is 1. The fourth-order valence-electron chi connectivity index (χ4n) is 2.58. The molecule has 0 spiro atoms. The summed E-state index contributed by atoms with van der Waals surface area (Å²) in [7, 11) is 0. The van der Waals surface area contributed by atoms with Crippen molar-refractivity contribution < 1.29 is 18.7 Å². The lowest BCUT2D eigenvalue weighted by Gasteiger charge is -2.08. The van der Waals surface area contributed by atoms with Crippen LogP contribution in [-0.4, -0.2) is 23.4 Å². The molecule has 1 heterocycles. The summed E-state index contributed by atoms with van der Waals surface area (Å²) in [5.41, 5.74) is 1.78. The topological polar surface area (TPSA) is 80.3 Å². The van der Waals surface area contributed by atoms with Crippen molar-refractivity contribution in [2.45, 2.75) is 13.5 Å². The van der Waals surface area contributed by atoms with Gasteiger partial charge >= 0.3 is 0 Å². The maximum Gasteiger partial charge on any atom is 0.274 e. The first-order valence-corrected chi connectivity index (χ1v) is 9.08. The lowest BCUT2D eigenvalue weighted by Crippen LogP contribution is -2.23. The number of rotatable bonds is 7. The monoisotopic (exact) mass is 393 g/mol. The number of ether oxygens (including phenoxy) is 1. The van der Waals surface area contributed by atoms with Gasteiger partial charge in [0.05, 0.1) is 6.61 Å². The summed E-state index contributed by atoms with van der Waals surface area (Å²) in [6, 6.07) is 15.8. The van der Waals surface area contributed by atoms with Crippen LogP contribution in [-0.2, 0) is 6.54 Å². The normalized spacial score (nSPS) is 10.3. The number of aromatic nitrogens is 1. The van der Waals surface area contributed by atoms with Crippen LogP contribution in [0.5, 0.6) is 5.75 Å². The molecule has 6 nitrogen and oxygen atoms in total. The first-order chi connectivity index (χ1) is 14.0. The summed E-state index contributed by atoms with van der Waals surface area (Å²) in [5.74, 6) is -0.407. The van der Waals surface area contributed by atoms with E-state index in [-0.39, 0.29) is 24.0 Å². The third kappa shape index (κ3) is 5.62. The van der Waals surface area contributed by atoms with Crippen LogP contribution in [0.3, 0.4) is 0 Å². The highest BCUT2D eigenvalue weighted by Crippen LogP contribution is 2.16. The molecule has 2 N–H and O–H groups in total. The molecule has 0 fully saturated rings. The predicted molar refractivity (Wildman–Crippen MR) is 107 cm³/mol. The highest BCUT2D eigenvalue weighted by Gasteiger charge is 2.12. The number of carbonyl (C=O) groups excluding carboxylic acids is 2. The van der Waals surface area contributed by atoms with E-state index >= 15 is 0 Å². The van der Waals surface area contributed by atoms with Gasteiger partial charge in [-0.1, -0.05) is 12.1 Å². The second-order valence-electron chi connectivity index (χ2n) is 6.15. The number of hydrogen-bond acceptors (Lipinski definition) is 4. The lowest BCUT2D eigenvalue weighted by atomic mass is 10.2. The molecule has 0 bridgehead atoms. The van der Waals surface area contributed by atoms with Crippen molar-refractivity contribution in [1.29, 1.82) is 0 Å². The van der Waals surface area contributed by atoms with E-state index in [0.29, 0.717) is 23.6 Å². The van der Waals surface area contributed by atoms with Gasteiger partial charge in [0.1, 0.15) is 17.3 Å². The molecule has 0 aliphatic rings. The van der Waals surface area contributed by atoms with Crippen molar-refractivity contribution in [3.63, 3.8) is 0 Å². The Bertz CT molecular complexity index is 989. The van der Waals surface area contributed by atoms with Gasteiger partial charge in [-0.25, -0.2) is 4.39 Å². The number of nitrogens with zero attached hydrogens (tertiary/aromatic N) is 1. The van der Waals surface area contributed by atoms with Gasteiger partial charge in [-0.2, -0.15) is 0 Å². The Morgan fingerprint density at radius 3 is 2.41 bits per heavy atom. The second-order valence-corrected chi connectivity index (χ2v) is 6.15. The van der Waals surface area contributed by atoms with E-state index in [9.17, 15) is 14.0 Å². The highest BCUT2D eigenvalue weighted by molar-refractivity contribution is 6.04. The molecule has 0 unspecified atom stereocenters. The van der Waals surface area contributed by atoms with Crippen molar-refractivity contribution in [3.05, 3.63) is 89.5 Å². The van der Waals surface area contributed by atoms with Crippen molar-refractivity contribution in [2.24, 2.45) is 0 Å². The molecule has 2 aromatic carbocycles. The van der Waals surface area contributed by atoms with E-state index < -0.39 is 5.91 Å². The van der Waals surface area contributed by atoms with Gasteiger partial charge in [0, 0.05) is 24.0 Å². The summed E-state index contributed by atoms with van der Waals surface area (Å²) in [6.07, 6.45) is 1.40. The standard InChI is InChI=1S/C22H20FN3O3/c1-2-29-19-9-7-18(8-10-19)26-22(28)20-13-16(11-12-24-20)21(27)25-14-15-3-5-17(23)6-4-15/h3-13H,2,14H2,1H3,(H,25,27)(H,26,28). The molecule has 3 rings (SSSR count). The lowest BCUT2D eigenvalue weighted by molar-refractivity contribution is 0.0951. The number of amides is 2. The minimum absolute atomic E-state index is 0.119. The van der Waals surface area contributed by atoms with Crippen molar-refractivity contribution in [1.82, 2.24) is 10.3 Å². The first-order valence-electron chi connectivity index (χ1n) is 9.08. The van der Waals surface area contributed by atoms with Crippen LogP contribution in [0, 0.1) is 5.82 Å². The van der Waals surface area contributed by atoms with Gasteiger partial charge < -0.3 is 15.4 Å². The van der Waals surface area contributed by atoms with Gasteiger partial charge in [0.15, 0.2) is 0 Å². The van der Waals surface area contributed by atoms with Gasteiger partial charge in [0.25, 0.3) is 11.8 Å². The van der Waals surface area contributed by atoms with Crippen LogP contribution < -0.4 is 15.4 Å². The molecule has 1 aromatic heterocycles. The Hall–Kier alpha value is -3.74. The Kier molecular flexibility index (Phi) is 6.52. The number of hydrogen-bond donors (Lipinski definition) is 2. The van der Waals surface area contributed by atoms with Crippen molar-refractivity contribution >= 4 is 17.5 Å². The quantitative estimate of drug-likeness (QED) is 0.640. The summed E-state index contributed by atoms with van der Waals surface area (Å²) < 4.78 is 18.3. The third-order valence-electron chi connectivity index (χ3n) is 4.04. The van der Waals surface area contributed by atoms with Gasteiger partial charge in [-0.3, -0.25) is 14.6 Å². The molecule has 3 aromatic rings. The molecule has 0 atom stereocenters. The largest absolute Gasteiger partial charge is 0.494 e. The molecule has 0 radical (unpaired) electrons.